The number of aromatic nitrogens is 1. The van der Waals surface area contributed by atoms with Crippen molar-refractivity contribution in [1.82, 2.24) is 9.88 Å². The van der Waals surface area contributed by atoms with Crippen molar-refractivity contribution in [2.45, 2.75) is 0 Å². The number of anilines is 1. The lowest BCUT2D eigenvalue weighted by molar-refractivity contribution is 0.0398. The van der Waals surface area contributed by atoms with E-state index in [4.69, 9.17) is 10.5 Å². The number of rotatable bonds is 5. The first-order valence-corrected chi connectivity index (χ1v) is 6.05. The van der Waals surface area contributed by atoms with Crippen LogP contribution < -0.4 is 11.1 Å². The van der Waals surface area contributed by atoms with Crippen LogP contribution in [0.5, 0.6) is 0 Å². The van der Waals surface area contributed by atoms with Gasteiger partial charge in [-0.25, -0.2) is 4.98 Å². The molecular formula is C12H18N4O2. The number of ether oxygens (including phenoxy) is 1. The number of nitrogens with one attached hydrogen (secondary N) is 1. The van der Waals surface area contributed by atoms with Crippen molar-refractivity contribution in [1.29, 1.82) is 0 Å². The van der Waals surface area contributed by atoms with E-state index in [9.17, 15) is 4.79 Å². The molecule has 18 heavy (non-hydrogen) atoms. The topological polar surface area (TPSA) is 80.5 Å². The Morgan fingerprint density at radius 2 is 2.22 bits per heavy atom. The normalized spacial score (nSPS) is 16.4. The molecule has 6 heteroatoms. The van der Waals surface area contributed by atoms with Crippen LogP contribution in [0.4, 0.5) is 5.82 Å². The van der Waals surface area contributed by atoms with E-state index in [1.165, 1.54) is 6.20 Å². The highest BCUT2D eigenvalue weighted by molar-refractivity contribution is 5.92. The fourth-order valence-electron chi connectivity index (χ4n) is 1.81. The highest BCUT2D eigenvalue weighted by Gasteiger charge is 2.09. The van der Waals surface area contributed by atoms with Crippen molar-refractivity contribution in [3.63, 3.8) is 0 Å². The summed E-state index contributed by atoms with van der Waals surface area (Å²) in [5.41, 5.74) is 5.57. The molecule has 2 rings (SSSR count). The van der Waals surface area contributed by atoms with Crippen LogP contribution in [0.15, 0.2) is 18.3 Å². The van der Waals surface area contributed by atoms with Crippen LogP contribution in [0.3, 0.4) is 0 Å². The molecule has 0 radical (unpaired) electrons. The van der Waals surface area contributed by atoms with Crippen LogP contribution >= 0.6 is 0 Å². The molecule has 0 saturated carbocycles. The van der Waals surface area contributed by atoms with E-state index in [1.807, 2.05) is 0 Å². The summed E-state index contributed by atoms with van der Waals surface area (Å²) in [5.74, 6) is 0.302. The zero-order valence-corrected chi connectivity index (χ0v) is 10.3. The van der Waals surface area contributed by atoms with Gasteiger partial charge in [0.25, 0.3) is 0 Å². The zero-order chi connectivity index (χ0) is 12.8. The van der Waals surface area contributed by atoms with E-state index in [2.05, 4.69) is 15.2 Å². The van der Waals surface area contributed by atoms with E-state index in [1.54, 1.807) is 12.1 Å². The fourth-order valence-corrected chi connectivity index (χ4v) is 1.81. The number of hydrogen-bond acceptors (Lipinski definition) is 5. The van der Waals surface area contributed by atoms with Gasteiger partial charge in [-0.1, -0.05) is 0 Å². The molecule has 1 saturated heterocycles. The summed E-state index contributed by atoms with van der Waals surface area (Å²) in [6.45, 7) is 5.37. The number of carbonyl (C=O) groups excluding carboxylic acids is 1. The van der Waals surface area contributed by atoms with Gasteiger partial charge in [0.1, 0.15) is 5.82 Å². The Bertz CT molecular complexity index is 388. The number of pyridine rings is 1. The first-order chi connectivity index (χ1) is 8.75. The first kappa shape index (κ1) is 12.8. The molecule has 0 aliphatic carbocycles. The van der Waals surface area contributed by atoms with Gasteiger partial charge in [0.05, 0.1) is 18.8 Å². The lowest BCUT2D eigenvalue weighted by atomic mass is 10.3. The molecule has 0 atom stereocenters. The number of nitrogens with two attached hydrogens (primary N) is 1. The van der Waals surface area contributed by atoms with Gasteiger partial charge in [-0.2, -0.15) is 0 Å². The summed E-state index contributed by atoms with van der Waals surface area (Å²) in [7, 11) is 0. The molecule has 1 aliphatic rings. The van der Waals surface area contributed by atoms with E-state index in [-0.39, 0.29) is 0 Å². The van der Waals surface area contributed by atoms with E-state index >= 15 is 0 Å². The molecule has 1 fully saturated rings. The van der Waals surface area contributed by atoms with Gasteiger partial charge in [0, 0.05) is 32.4 Å². The molecule has 6 nitrogen and oxygen atoms in total. The van der Waals surface area contributed by atoms with Crippen LogP contribution in [0.2, 0.25) is 0 Å². The lowest BCUT2D eigenvalue weighted by Crippen LogP contribution is -2.39. The highest BCUT2D eigenvalue weighted by Crippen LogP contribution is 2.04. The minimum Gasteiger partial charge on any atom is -0.379 e. The molecule has 0 unspecified atom stereocenters. The van der Waals surface area contributed by atoms with Gasteiger partial charge in [-0.3, -0.25) is 9.69 Å². The Morgan fingerprint density at radius 1 is 1.44 bits per heavy atom. The predicted octanol–water partition coefficient (Wildman–Crippen LogP) is -0.0754. The molecule has 1 amide bonds. The molecule has 1 aromatic rings. The van der Waals surface area contributed by atoms with Gasteiger partial charge >= 0.3 is 0 Å². The summed E-state index contributed by atoms with van der Waals surface area (Å²) < 4.78 is 5.28. The maximum atomic E-state index is 10.9. The van der Waals surface area contributed by atoms with Crippen molar-refractivity contribution in [3.8, 4) is 0 Å². The Morgan fingerprint density at radius 3 is 2.83 bits per heavy atom. The smallest absolute Gasteiger partial charge is 0.250 e. The summed E-state index contributed by atoms with van der Waals surface area (Å²) in [5, 5.41) is 3.21. The van der Waals surface area contributed by atoms with Crippen molar-refractivity contribution < 1.29 is 9.53 Å². The van der Waals surface area contributed by atoms with Crippen molar-refractivity contribution in [3.05, 3.63) is 23.9 Å². The number of amides is 1. The Kier molecular flexibility index (Phi) is 4.49. The van der Waals surface area contributed by atoms with E-state index in [0.29, 0.717) is 5.56 Å². The SMILES string of the molecule is NC(=O)c1ccc(NCCN2CCOCC2)nc1. The second-order valence-corrected chi connectivity index (χ2v) is 4.18. The number of carbonyl (C=O) groups is 1. The molecule has 1 aliphatic heterocycles. The number of primary amides is 1. The van der Waals surface area contributed by atoms with Crippen LogP contribution in [0, 0.1) is 0 Å². The maximum absolute atomic E-state index is 10.9. The molecule has 0 spiro atoms. The zero-order valence-electron chi connectivity index (χ0n) is 10.3. The van der Waals surface area contributed by atoms with Gasteiger partial charge in [-0.05, 0) is 12.1 Å². The van der Waals surface area contributed by atoms with Crippen molar-refractivity contribution in [2.24, 2.45) is 5.73 Å². The molecular weight excluding hydrogens is 232 g/mol. The standard InChI is InChI=1S/C12H18N4O2/c13-12(17)10-1-2-11(15-9-10)14-3-4-16-5-7-18-8-6-16/h1-2,9H,3-8H2,(H2,13,17)(H,14,15). The Hall–Kier alpha value is -1.66. The van der Waals surface area contributed by atoms with Crippen LogP contribution in [-0.2, 0) is 4.74 Å². The third kappa shape index (κ3) is 3.68. The van der Waals surface area contributed by atoms with Gasteiger partial charge in [0.15, 0.2) is 0 Å². The summed E-state index contributed by atoms with van der Waals surface area (Å²) in [4.78, 5) is 17.3. The van der Waals surface area contributed by atoms with Crippen LogP contribution in [-0.4, -0.2) is 55.2 Å². The lowest BCUT2D eigenvalue weighted by Gasteiger charge is -2.26. The number of nitrogens with zero attached hydrogens (tertiary/aromatic N) is 2. The van der Waals surface area contributed by atoms with Gasteiger partial charge in [0.2, 0.25) is 5.91 Å². The average Bonchev–Trinajstić information content (AvgIpc) is 2.40. The van der Waals surface area contributed by atoms with E-state index in [0.717, 1.165) is 45.2 Å². The summed E-state index contributed by atoms with van der Waals surface area (Å²) >= 11 is 0. The third-order valence-corrected chi connectivity index (χ3v) is 2.89. The Balaban J connectivity index is 1.74. The highest BCUT2D eigenvalue weighted by atomic mass is 16.5. The average molecular weight is 250 g/mol. The molecule has 0 bridgehead atoms. The predicted molar refractivity (Wildman–Crippen MR) is 68.5 cm³/mol. The number of morpholine rings is 1. The third-order valence-electron chi connectivity index (χ3n) is 2.89. The quantitative estimate of drug-likeness (QED) is 0.764. The fraction of sp³-hybridized carbons (Fsp3) is 0.500. The second kappa shape index (κ2) is 6.32. The number of hydrogen-bond donors (Lipinski definition) is 2. The molecule has 2 heterocycles. The second-order valence-electron chi connectivity index (χ2n) is 4.18. The maximum Gasteiger partial charge on any atom is 0.250 e. The van der Waals surface area contributed by atoms with Crippen LogP contribution in [0.1, 0.15) is 10.4 Å². The summed E-state index contributed by atoms with van der Waals surface area (Å²) in [6.07, 6.45) is 1.49. The van der Waals surface area contributed by atoms with Gasteiger partial charge < -0.3 is 15.8 Å². The van der Waals surface area contributed by atoms with E-state index < -0.39 is 5.91 Å². The monoisotopic (exact) mass is 250 g/mol. The van der Waals surface area contributed by atoms with Crippen molar-refractivity contribution >= 4 is 11.7 Å². The first-order valence-electron chi connectivity index (χ1n) is 6.05. The summed E-state index contributed by atoms with van der Waals surface area (Å²) in [6, 6.07) is 3.44. The largest absolute Gasteiger partial charge is 0.379 e. The van der Waals surface area contributed by atoms with Crippen molar-refractivity contribution in [2.75, 3.05) is 44.7 Å². The Labute approximate surface area is 106 Å². The molecule has 3 N–H and O–H groups in total. The molecule has 1 aromatic heterocycles. The van der Waals surface area contributed by atoms with Crippen LogP contribution in [0.25, 0.3) is 0 Å². The molecule has 98 valence electrons. The minimum absolute atomic E-state index is 0.425. The molecule has 0 aromatic carbocycles. The van der Waals surface area contributed by atoms with Gasteiger partial charge in [-0.15, -0.1) is 0 Å². The minimum atomic E-state index is -0.456.